The van der Waals surface area contributed by atoms with Crippen LogP contribution in [0.15, 0.2) is 62.5 Å². The van der Waals surface area contributed by atoms with Gasteiger partial charge in [0.1, 0.15) is 21.2 Å². The Morgan fingerprint density at radius 1 is 0.793 bits per heavy atom. The number of hydrogen-bond donors (Lipinski definition) is 3. The van der Waals surface area contributed by atoms with E-state index in [0.717, 1.165) is 6.07 Å². The fourth-order valence-electron chi connectivity index (χ4n) is 2.95. The van der Waals surface area contributed by atoms with Gasteiger partial charge in [0, 0.05) is 10.8 Å². The van der Waals surface area contributed by atoms with Crippen molar-refractivity contribution in [2.75, 3.05) is 0 Å². The molecule has 0 radical (unpaired) electrons. The van der Waals surface area contributed by atoms with Gasteiger partial charge in [-0.1, -0.05) is 30.3 Å². The number of hydrogen-bond acceptors (Lipinski definition) is 7. The second kappa shape index (κ2) is 7.19. The van der Waals surface area contributed by atoms with Crippen molar-refractivity contribution in [3.05, 3.63) is 53.6 Å². The molecule has 3 rings (SSSR count). The second-order valence-electron chi connectivity index (χ2n) is 6.37. The van der Waals surface area contributed by atoms with Crippen molar-refractivity contribution in [1.29, 1.82) is 0 Å². The highest BCUT2D eigenvalue weighted by Gasteiger charge is 2.21. The van der Waals surface area contributed by atoms with E-state index in [2.05, 4.69) is 10.2 Å². The highest BCUT2D eigenvalue weighted by Crippen LogP contribution is 2.40. The van der Waals surface area contributed by atoms with Crippen LogP contribution in [0.25, 0.3) is 10.8 Å². The third-order valence-electron chi connectivity index (χ3n) is 4.18. The van der Waals surface area contributed by atoms with Crippen LogP contribution in [-0.4, -0.2) is 31.0 Å². The highest BCUT2D eigenvalue weighted by molar-refractivity contribution is 7.86. The zero-order valence-corrected chi connectivity index (χ0v) is 16.9. The van der Waals surface area contributed by atoms with E-state index in [-0.39, 0.29) is 22.1 Å². The van der Waals surface area contributed by atoms with Gasteiger partial charge in [0.05, 0.1) is 0 Å². The first-order valence-corrected chi connectivity index (χ1v) is 11.0. The summed E-state index contributed by atoms with van der Waals surface area (Å²) in [5.41, 5.74) is 0.476. The molecule has 3 aromatic rings. The topological polar surface area (TPSA) is 154 Å². The van der Waals surface area contributed by atoms with Crippen LogP contribution in [0, 0.1) is 13.8 Å². The Kier molecular flexibility index (Phi) is 5.17. The summed E-state index contributed by atoms with van der Waals surface area (Å²) in [6, 6.07) is 9.67. The Bertz CT molecular complexity index is 1380. The molecule has 152 valence electrons. The van der Waals surface area contributed by atoms with Gasteiger partial charge in [0.2, 0.25) is 0 Å². The summed E-state index contributed by atoms with van der Waals surface area (Å²) in [5, 5.41) is 18.3. The van der Waals surface area contributed by atoms with Gasteiger partial charge in [-0.3, -0.25) is 9.11 Å². The molecular weight excluding hydrogens is 420 g/mol. The third kappa shape index (κ3) is 4.12. The first kappa shape index (κ1) is 20.9. The number of aryl methyl sites for hydroxylation is 2. The summed E-state index contributed by atoms with van der Waals surface area (Å²) in [5.74, 6) is -0.407. The van der Waals surface area contributed by atoms with E-state index in [1.54, 1.807) is 26.0 Å². The van der Waals surface area contributed by atoms with Gasteiger partial charge in [-0.25, -0.2) is 0 Å². The molecule has 29 heavy (non-hydrogen) atoms. The summed E-state index contributed by atoms with van der Waals surface area (Å²) in [6.07, 6.45) is 0. The second-order valence-corrected chi connectivity index (χ2v) is 9.15. The molecule has 11 heteroatoms. The molecule has 0 aliphatic carbocycles. The smallest absolute Gasteiger partial charge is 0.296 e. The molecule has 0 unspecified atom stereocenters. The molecule has 0 aliphatic heterocycles. The van der Waals surface area contributed by atoms with E-state index >= 15 is 0 Å². The molecule has 0 aromatic heterocycles. The largest absolute Gasteiger partial charge is 0.505 e. The molecule has 0 spiro atoms. The van der Waals surface area contributed by atoms with E-state index in [4.69, 9.17) is 0 Å². The average Bonchev–Trinajstić information content (AvgIpc) is 2.60. The zero-order valence-electron chi connectivity index (χ0n) is 15.2. The molecule has 0 aliphatic rings. The minimum absolute atomic E-state index is 0.0802. The number of aromatic hydroxyl groups is 1. The van der Waals surface area contributed by atoms with Crippen LogP contribution < -0.4 is 0 Å². The summed E-state index contributed by atoms with van der Waals surface area (Å²) in [6.45, 7) is 3.19. The molecule has 9 nitrogen and oxygen atoms in total. The predicted octanol–water partition coefficient (Wildman–Crippen LogP) is 4.07. The molecule has 3 N–H and O–H groups in total. The Labute approximate surface area is 166 Å². The van der Waals surface area contributed by atoms with Crippen LogP contribution in [0.5, 0.6) is 5.75 Å². The summed E-state index contributed by atoms with van der Waals surface area (Å²) < 4.78 is 65.9. The summed E-state index contributed by atoms with van der Waals surface area (Å²) >= 11 is 0. The van der Waals surface area contributed by atoms with E-state index in [0.29, 0.717) is 11.1 Å². The van der Waals surface area contributed by atoms with E-state index in [1.807, 2.05) is 0 Å². The van der Waals surface area contributed by atoms with Crippen LogP contribution in [0.3, 0.4) is 0 Å². The van der Waals surface area contributed by atoms with Crippen LogP contribution in [0.1, 0.15) is 11.1 Å². The van der Waals surface area contributed by atoms with Crippen molar-refractivity contribution in [3.8, 4) is 5.75 Å². The van der Waals surface area contributed by atoms with Crippen LogP contribution in [0.2, 0.25) is 0 Å². The fraction of sp³-hybridized carbons (Fsp3) is 0.111. The van der Waals surface area contributed by atoms with Crippen molar-refractivity contribution in [2.24, 2.45) is 10.2 Å². The lowest BCUT2D eigenvalue weighted by molar-refractivity contribution is 0.479. The molecule has 3 aromatic carbocycles. The van der Waals surface area contributed by atoms with Crippen molar-refractivity contribution in [2.45, 2.75) is 23.6 Å². The van der Waals surface area contributed by atoms with E-state index in [9.17, 15) is 31.0 Å². The third-order valence-corrected chi connectivity index (χ3v) is 5.94. The maximum Gasteiger partial charge on any atom is 0.296 e. The van der Waals surface area contributed by atoms with Crippen molar-refractivity contribution >= 4 is 42.4 Å². The maximum atomic E-state index is 11.8. The summed E-state index contributed by atoms with van der Waals surface area (Å²) in [4.78, 5) is -0.968. The number of fused-ring (bicyclic) bond motifs is 1. The standard InChI is InChI=1S/C18H16N2O7S2/c1-10-7-11(2)17(16(8-10)29(25,26)27)20-19-14-9-15(28(22,23)24)12-5-3-4-6-13(12)18(14)21/h3-9,21H,1-2H3,(H,22,23,24)(H,25,26,27). The Morgan fingerprint density at radius 2 is 1.38 bits per heavy atom. The highest BCUT2D eigenvalue weighted by atomic mass is 32.2. The lowest BCUT2D eigenvalue weighted by Gasteiger charge is -2.09. The number of benzene rings is 3. The molecule has 0 saturated carbocycles. The normalized spacial score (nSPS) is 12.7. The number of phenolic OH excluding ortho intramolecular Hbond substituents is 1. The van der Waals surface area contributed by atoms with Gasteiger partial charge in [0.25, 0.3) is 20.2 Å². The quantitative estimate of drug-likeness (QED) is 0.411. The number of nitrogens with zero attached hydrogens (tertiary/aromatic N) is 2. The van der Waals surface area contributed by atoms with Crippen LogP contribution in [-0.2, 0) is 20.2 Å². The zero-order chi connectivity index (χ0) is 21.6. The molecule has 0 saturated heterocycles. The monoisotopic (exact) mass is 436 g/mol. The minimum Gasteiger partial charge on any atom is -0.505 e. The Morgan fingerprint density at radius 3 is 1.97 bits per heavy atom. The van der Waals surface area contributed by atoms with Gasteiger partial charge >= 0.3 is 0 Å². The fourth-order valence-corrected chi connectivity index (χ4v) is 4.45. The first-order valence-electron chi connectivity index (χ1n) is 8.12. The SMILES string of the molecule is Cc1cc(C)c(N=Nc2cc(S(=O)(=O)O)c3ccccc3c2O)c(S(=O)(=O)O)c1. The average molecular weight is 436 g/mol. The minimum atomic E-state index is -4.65. The Balaban J connectivity index is 2.28. The first-order chi connectivity index (χ1) is 13.4. The molecule has 0 atom stereocenters. The van der Waals surface area contributed by atoms with Crippen molar-refractivity contribution < 1.29 is 31.0 Å². The van der Waals surface area contributed by atoms with Crippen molar-refractivity contribution in [1.82, 2.24) is 0 Å². The number of azo groups is 1. The van der Waals surface area contributed by atoms with Gasteiger partial charge in [-0.05, 0) is 37.1 Å². The van der Waals surface area contributed by atoms with Gasteiger partial charge in [-0.15, -0.1) is 10.2 Å². The molecule has 0 heterocycles. The Hall–Kier alpha value is -2.86. The summed E-state index contributed by atoms with van der Waals surface area (Å²) in [7, 11) is -9.26. The van der Waals surface area contributed by atoms with E-state index < -0.39 is 35.8 Å². The van der Waals surface area contributed by atoms with Crippen molar-refractivity contribution in [3.63, 3.8) is 0 Å². The molecule has 0 fully saturated rings. The number of phenols is 1. The van der Waals surface area contributed by atoms with Gasteiger partial charge in [-0.2, -0.15) is 16.8 Å². The van der Waals surface area contributed by atoms with Crippen LogP contribution in [0.4, 0.5) is 11.4 Å². The van der Waals surface area contributed by atoms with Gasteiger partial charge in [0.15, 0.2) is 5.75 Å². The molecular formula is C18H16N2O7S2. The van der Waals surface area contributed by atoms with Crippen LogP contribution >= 0.6 is 0 Å². The van der Waals surface area contributed by atoms with Gasteiger partial charge < -0.3 is 5.11 Å². The lowest BCUT2D eigenvalue weighted by atomic mass is 10.1. The lowest BCUT2D eigenvalue weighted by Crippen LogP contribution is -2.00. The maximum absolute atomic E-state index is 11.8. The predicted molar refractivity (Wildman–Crippen MR) is 105 cm³/mol. The molecule has 0 bridgehead atoms. The van der Waals surface area contributed by atoms with E-state index in [1.165, 1.54) is 24.3 Å². The number of rotatable bonds is 4. The molecule has 0 amide bonds.